The van der Waals surface area contributed by atoms with Gasteiger partial charge in [0.2, 0.25) is 0 Å². The third-order valence-electron chi connectivity index (χ3n) is 6.17. The van der Waals surface area contributed by atoms with Crippen LogP contribution in [0.4, 0.5) is 0 Å². The maximum absolute atomic E-state index is 12.4. The second kappa shape index (κ2) is 13.5. The van der Waals surface area contributed by atoms with Crippen LogP contribution in [0.15, 0.2) is 36.7 Å². The molecule has 33 heavy (non-hydrogen) atoms. The van der Waals surface area contributed by atoms with E-state index >= 15 is 0 Å². The molecule has 4 nitrogen and oxygen atoms in total. The summed E-state index contributed by atoms with van der Waals surface area (Å²) in [6.07, 6.45) is 19.1. The Balaban J connectivity index is 1.50. The molecular formula is C28H40N2O2S. The van der Waals surface area contributed by atoms with Gasteiger partial charge in [0.15, 0.2) is 4.96 Å². The molecule has 3 aromatic rings. The Morgan fingerprint density at radius 3 is 2.30 bits per heavy atom. The third kappa shape index (κ3) is 7.99. The van der Waals surface area contributed by atoms with Crippen LogP contribution in [0, 0.1) is 0 Å². The zero-order valence-corrected chi connectivity index (χ0v) is 21.5. The number of hydrogen-bond donors (Lipinski definition) is 0. The Morgan fingerprint density at radius 2 is 1.61 bits per heavy atom. The average Bonchev–Trinajstić information content (AvgIpc) is 3.38. The van der Waals surface area contributed by atoms with E-state index in [0.29, 0.717) is 5.56 Å². The predicted octanol–water partition coefficient (Wildman–Crippen LogP) is 8.48. The zero-order valence-electron chi connectivity index (χ0n) is 20.6. The molecule has 0 aliphatic heterocycles. The van der Waals surface area contributed by atoms with Gasteiger partial charge in [0.25, 0.3) is 0 Å². The van der Waals surface area contributed by atoms with E-state index in [1.807, 2.05) is 31.2 Å². The Labute approximate surface area is 203 Å². The molecule has 1 aromatic carbocycles. The SMILES string of the molecule is CCCCCCCCc1cn2cc(-c3ccc(C(=O)O[C@@H](C)CCCCCC)cc3)nc2s1. The number of carbonyl (C=O) groups excluding carboxylic acids is 1. The minimum absolute atomic E-state index is 0.0421. The summed E-state index contributed by atoms with van der Waals surface area (Å²) in [6.45, 7) is 6.45. The molecule has 0 aliphatic carbocycles. The molecule has 0 fully saturated rings. The molecule has 0 aliphatic rings. The highest BCUT2D eigenvalue weighted by molar-refractivity contribution is 7.17. The number of nitrogens with zero attached hydrogens (tertiary/aromatic N) is 2. The van der Waals surface area contributed by atoms with Crippen LogP contribution in [0.5, 0.6) is 0 Å². The van der Waals surface area contributed by atoms with E-state index in [0.717, 1.165) is 35.5 Å². The molecule has 5 heteroatoms. The van der Waals surface area contributed by atoms with Crippen molar-refractivity contribution in [2.24, 2.45) is 0 Å². The fourth-order valence-corrected chi connectivity index (χ4v) is 5.12. The van der Waals surface area contributed by atoms with E-state index in [9.17, 15) is 4.79 Å². The largest absolute Gasteiger partial charge is 0.459 e. The van der Waals surface area contributed by atoms with Gasteiger partial charge < -0.3 is 4.74 Å². The van der Waals surface area contributed by atoms with Crippen molar-refractivity contribution in [3.05, 3.63) is 47.1 Å². The third-order valence-corrected chi connectivity index (χ3v) is 7.23. The fraction of sp³-hybridized carbons (Fsp3) is 0.571. The molecule has 0 amide bonds. The molecule has 2 heterocycles. The van der Waals surface area contributed by atoms with Crippen molar-refractivity contribution in [3.8, 4) is 11.3 Å². The molecular weight excluding hydrogens is 428 g/mol. The normalized spacial score (nSPS) is 12.3. The first-order valence-electron chi connectivity index (χ1n) is 12.9. The number of aromatic nitrogens is 2. The lowest BCUT2D eigenvalue weighted by atomic mass is 10.1. The number of imidazole rings is 1. The first-order valence-corrected chi connectivity index (χ1v) is 13.7. The highest BCUT2D eigenvalue weighted by Crippen LogP contribution is 2.25. The summed E-state index contributed by atoms with van der Waals surface area (Å²) in [6, 6.07) is 7.62. The Bertz CT molecular complexity index is 942. The van der Waals surface area contributed by atoms with Gasteiger partial charge in [-0.25, -0.2) is 9.78 Å². The summed E-state index contributed by atoms with van der Waals surface area (Å²) in [5.74, 6) is -0.241. The van der Waals surface area contributed by atoms with E-state index in [-0.39, 0.29) is 12.1 Å². The van der Waals surface area contributed by atoms with Crippen molar-refractivity contribution in [2.45, 2.75) is 104 Å². The lowest BCUT2D eigenvalue weighted by Gasteiger charge is -2.13. The van der Waals surface area contributed by atoms with Crippen molar-refractivity contribution in [2.75, 3.05) is 0 Å². The molecule has 0 spiro atoms. The summed E-state index contributed by atoms with van der Waals surface area (Å²) in [7, 11) is 0. The lowest BCUT2D eigenvalue weighted by molar-refractivity contribution is 0.0319. The Morgan fingerprint density at radius 1 is 0.939 bits per heavy atom. The van der Waals surface area contributed by atoms with Gasteiger partial charge in [0.1, 0.15) is 0 Å². The minimum atomic E-state index is -0.241. The minimum Gasteiger partial charge on any atom is -0.459 e. The molecule has 1 atom stereocenters. The van der Waals surface area contributed by atoms with E-state index in [1.54, 1.807) is 11.3 Å². The second-order valence-electron chi connectivity index (χ2n) is 9.17. The molecule has 180 valence electrons. The van der Waals surface area contributed by atoms with Crippen LogP contribution in [0.25, 0.3) is 16.2 Å². The molecule has 2 aromatic heterocycles. The number of aryl methyl sites for hydroxylation is 1. The Hall–Kier alpha value is -2.14. The second-order valence-corrected chi connectivity index (χ2v) is 10.3. The van der Waals surface area contributed by atoms with Crippen LogP contribution in [0.3, 0.4) is 0 Å². The summed E-state index contributed by atoms with van der Waals surface area (Å²) < 4.78 is 7.75. The van der Waals surface area contributed by atoms with Crippen LogP contribution >= 0.6 is 11.3 Å². The fourth-order valence-electron chi connectivity index (χ4n) is 4.12. The van der Waals surface area contributed by atoms with Gasteiger partial charge in [0.05, 0.1) is 17.4 Å². The van der Waals surface area contributed by atoms with Crippen LogP contribution in [0.2, 0.25) is 0 Å². The van der Waals surface area contributed by atoms with Crippen molar-refractivity contribution in [3.63, 3.8) is 0 Å². The standard InChI is InChI=1S/C28H40N2O2S/c1-4-6-8-10-11-13-15-25-20-30-21-26(29-28(30)33-25)23-16-18-24(19-17-23)27(31)32-22(3)14-12-9-7-5-2/h16-22H,4-15H2,1-3H3/t22-/m0/s1. The molecule has 0 bridgehead atoms. The number of benzene rings is 1. The Kier molecular flexibility index (Phi) is 10.5. The number of hydrogen-bond acceptors (Lipinski definition) is 4. The van der Waals surface area contributed by atoms with Gasteiger partial charge in [-0.15, -0.1) is 11.3 Å². The zero-order chi connectivity index (χ0) is 23.5. The number of carbonyl (C=O) groups is 1. The van der Waals surface area contributed by atoms with Crippen LogP contribution < -0.4 is 0 Å². The van der Waals surface area contributed by atoms with Gasteiger partial charge in [0, 0.05) is 22.8 Å². The quantitative estimate of drug-likeness (QED) is 0.166. The number of thiazole rings is 1. The van der Waals surface area contributed by atoms with E-state index in [4.69, 9.17) is 9.72 Å². The van der Waals surface area contributed by atoms with E-state index in [2.05, 4.69) is 30.6 Å². The number of unbranched alkanes of at least 4 members (excludes halogenated alkanes) is 8. The lowest BCUT2D eigenvalue weighted by Crippen LogP contribution is -2.15. The van der Waals surface area contributed by atoms with Crippen molar-refractivity contribution in [1.29, 1.82) is 0 Å². The van der Waals surface area contributed by atoms with Crippen LogP contribution in [0.1, 0.15) is 107 Å². The van der Waals surface area contributed by atoms with Gasteiger partial charge in [-0.3, -0.25) is 4.40 Å². The number of fused-ring (bicyclic) bond motifs is 1. The first-order chi connectivity index (χ1) is 16.1. The molecule has 0 saturated carbocycles. The molecule has 0 N–H and O–H groups in total. The number of esters is 1. The molecule has 0 unspecified atom stereocenters. The highest BCUT2D eigenvalue weighted by Gasteiger charge is 2.13. The molecule has 0 saturated heterocycles. The van der Waals surface area contributed by atoms with Gasteiger partial charge >= 0.3 is 5.97 Å². The maximum atomic E-state index is 12.4. The highest BCUT2D eigenvalue weighted by atomic mass is 32.1. The molecule has 0 radical (unpaired) electrons. The summed E-state index contributed by atoms with van der Waals surface area (Å²) in [5.41, 5.74) is 2.56. The van der Waals surface area contributed by atoms with Gasteiger partial charge in [-0.2, -0.15) is 0 Å². The van der Waals surface area contributed by atoms with E-state index in [1.165, 1.54) is 62.7 Å². The van der Waals surface area contributed by atoms with E-state index < -0.39 is 0 Å². The van der Waals surface area contributed by atoms with Crippen LogP contribution in [-0.4, -0.2) is 21.5 Å². The molecule has 3 rings (SSSR count). The topological polar surface area (TPSA) is 43.6 Å². The van der Waals surface area contributed by atoms with Crippen molar-refractivity contribution < 1.29 is 9.53 Å². The van der Waals surface area contributed by atoms with Crippen LogP contribution in [-0.2, 0) is 11.2 Å². The first kappa shape index (κ1) is 25.5. The average molecular weight is 469 g/mol. The maximum Gasteiger partial charge on any atom is 0.338 e. The summed E-state index contributed by atoms with van der Waals surface area (Å²) in [4.78, 5) is 19.7. The monoisotopic (exact) mass is 468 g/mol. The number of rotatable bonds is 15. The van der Waals surface area contributed by atoms with Crippen molar-refractivity contribution in [1.82, 2.24) is 9.38 Å². The van der Waals surface area contributed by atoms with Gasteiger partial charge in [-0.1, -0.05) is 77.3 Å². The van der Waals surface area contributed by atoms with Crippen molar-refractivity contribution >= 4 is 22.3 Å². The summed E-state index contributed by atoms with van der Waals surface area (Å²) >= 11 is 1.78. The van der Waals surface area contributed by atoms with Gasteiger partial charge in [-0.05, 0) is 44.7 Å². The smallest absolute Gasteiger partial charge is 0.338 e. The predicted molar refractivity (Wildman–Crippen MR) is 139 cm³/mol. The summed E-state index contributed by atoms with van der Waals surface area (Å²) in [5, 5.41) is 0. The number of ether oxygens (including phenoxy) is 1.